The second kappa shape index (κ2) is 21.1. The molecule has 67 heavy (non-hydrogen) atoms. The summed E-state index contributed by atoms with van der Waals surface area (Å²) in [5, 5.41) is 1.17. The van der Waals surface area contributed by atoms with Crippen molar-refractivity contribution < 1.29 is 8.83 Å². The zero-order valence-electron chi connectivity index (χ0n) is 44.1. The van der Waals surface area contributed by atoms with Crippen LogP contribution in [0.5, 0.6) is 0 Å². The van der Waals surface area contributed by atoms with Crippen molar-refractivity contribution in [2.45, 2.75) is 183 Å². The third kappa shape index (κ3) is 14.3. The smallest absolute Gasteiger partial charge is 0.200 e. The van der Waals surface area contributed by atoms with Gasteiger partial charge in [-0.3, -0.25) is 9.80 Å². The average molecular weight is 902 g/mol. The molecule has 0 N–H and O–H groups in total. The molecule has 5 aromatic carbocycles. The number of fused-ring (bicyclic) bond motifs is 5. The van der Waals surface area contributed by atoms with Crippen LogP contribution < -0.4 is 0 Å². The first-order valence-corrected chi connectivity index (χ1v) is 25.0. The summed E-state index contributed by atoms with van der Waals surface area (Å²) in [5.74, 6) is 0.800. The Balaban J connectivity index is 0.000000138. The van der Waals surface area contributed by atoms with Crippen molar-refractivity contribution in [3.05, 3.63) is 172 Å². The molecule has 2 aliphatic heterocycles. The number of aromatic nitrogens is 1. The summed E-state index contributed by atoms with van der Waals surface area (Å²) in [7, 11) is 0. The van der Waals surface area contributed by atoms with Crippen molar-refractivity contribution in [1.29, 1.82) is 0 Å². The van der Waals surface area contributed by atoms with Crippen LogP contribution >= 0.6 is 0 Å². The predicted octanol–water partition coefficient (Wildman–Crippen LogP) is 16.4. The third-order valence-electron chi connectivity index (χ3n) is 13.3. The van der Waals surface area contributed by atoms with Crippen molar-refractivity contribution in [2.75, 3.05) is 6.54 Å². The molecule has 0 amide bonds. The number of benzene rings is 5. The SMILES string of the molecule is CC(C)(C)N1CCc2ccccc2C1.CC(C)(C)N1Cc2ccccc2C1.CC(C)(C)c1ccc2c(c1)CCCC2.CC(C)(C)c1ccc2ccoc2c1.CC(C)(C)c1nc2ccccc2o1. The van der Waals surface area contributed by atoms with Crippen LogP contribution in [0.25, 0.3) is 22.1 Å². The highest BCUT2D eigenvalue weighted by Crippen LogP contribution is 2.31. The summed E-state index contributed by atoms with van der Waals surface area (Å²) in [6.45, 7) is 38.0. The number of aryl methyl sites for hydroxylation is 2. The van der Waals surface area contributed by atoms with Crippen LogP contribution in [-0.4, -0.2) is 32.4 Å². The zero-order valence-corrected chi connectivity index (χ0v) is 44.1. The molecule has 1 aliphatic carbocycles. The van der Waals surface area contributed by atoms with Crippen molar-refractivity contribution >= 4 is 22.1 Å². The quantitative estimate of drug-likeness (QED) is 0.152. The minimum absolute atomic E-state index is 0.0149. The molecule has 5 nitrogen and oxygen atoms in total. The highest BCUT2D eigenvalue weighted by Gasteiger charge is 2.28. The van der Waals surface area contributed by atoms with Gasteiger partial charge in [-0.2, -0.15) is 0 Å². The molecule has 0 saturated carbocycles. The van der Waals surface area contributed by atoms with Crippen LogP contribution in [0.3, 0.4) is 0 Å². The van der Waals surface area contributed by atoms with Crippen LogP contribution in [0, 0.1) is 0 Å². The lowest BCUT2D eigenvalue weighted by Gasteiger charge is -2.39. The van der Waals surface area contributed by atoms with Gasteiger partial charge in [0.15, 0.2) is 5.58 Å². The normalized spacial score (nSPS) is 15.3. The molecule has 4 heterocycles. The maximum absolute atomic E-state index is 5.62. The van der Waals surface area contributed by atoms with Crippen LogP contribution in [0.1, 0.15) is 167 Å². The summed E-state index contributed by atoms with van der Waals surface area (Å²) in [4.78, 5) is 9.48. The number of hydrogen-bond acceptors (Lipinski definition) is 5. The van der Waals surface area contributed by atoms with Gasteiger partial charge < -0.3 is 8.83 Å². The van der Waals surface area contributed by atoms with E-state index in [-0.39, 0.29) is 10.8 Å². The lowest BCUT2D eigenvalue weighted by atomic mass is 9.82. The third-order valence-corrected chi connectivity index (χ3v) is 13.3. The van der Waals surface area contributed by atoms with E-state index >= 15 is 0 Å². The molecule has 10 rings (SSSR count). The second-order valence-corrected chi connectivity index (χ2v) is 24.0. The fourth-order valence-corrected chi connectivity index (χ4v) is 8.69. The largest absolute Gasteiger partial charge is 0.464 e. The summed E-state index contributed by atoms with van der Waals surface area (Å²) in [5.41, 5.74) is 15.9. The van der Waals surface area contributed by atoms with Crippen molar-refractivity contribution in [1.82, 2.24) is 14.8 Å². The van der Waals surface area contributed by atoms with E-state index in [1.54, 1.807) is 17.4 Å². The Morgan fingerprint density at radius 2 is 0.925 bits per heavy atom. The van der Waals surface area contributed by atoms with E-state index in [9.17, 15) is 0 Å². The highest BCUT2D eigenvalue weighted by atomic mass is 16.3. The van der Waals surface area contributed by atoms with Gasteiger partial charge in [-0.1, -0.05) is 153 Å². The number of nitrogens with zero attached hydrogens (tertiary/aromatic N) is 3. The van der Waals surface area contributed by atoms with E-state index in [1.807, 2.05) is 30.3 Å². The molecular formula is C62H83N3O2. The van der Waals surface area contributed by atoms with Gasteiger partial charge in [0.2, 0.25) is 5.89 Å². The van der Waals surface area contributed by atoms with Gasteiger partial charge in [0.05, 0.1) is 6.26 Å². The van der Waals surface area contributed by atoms with Gasteiger partial charge >= 0.3 is 0 Å². The zero-order chi connectivity index (χ0) is 48.8. The Kier molecular flexibility index (Phi) is 16.2. The van der Waals surface area contributed by atoms with Gasteiger partial charge in [-0.25, -0.2) is 4.98 Å². The summed E-state index contributed by atoms with van der Waals surface area (Å²) in [6.07, 6.45) is 8.27. The monoisotopic (exact) mass is 902 g/mol. The maximum Gasteiger partial charge on any atom is 0.200 e. The van der Waals surface area contributed by atoms with E-state index in [0.717, 1.165) is 42.2 Å². The van der Waals surface area contributed by atoms with Crippen molar-refractivity contribution in [2.24, 2.45) is 0 Å². The van der Waals surface area contributed by atoms with E-state index in [1.165, 1.54) is 77.4 Å². The van der Waals surface area contributed by atoms with E-state index in [4.69, 9.17) is 8.83 Å². The van der Waals surface area contributed by atoms with Gasteiger partial charge in [0.25, 0.3) is 0 Å². The maximum atomic E-state index is 5.62. The van der Waals surface area contributed by atoms with Crippen LogP contribution in [-0.2, 0) is 55.1 Å². The van der Waals surface area contributed by atoms with Crippen LogP contribution in [0.2, 0.25) is 0 Å². The second-order valence-electron chi connectivity index (χ2n) is 24.0. The molecule has 0 bridgehead atoms. The standard InChI is InChI=1S/C14H20.C13H19N.C12H17N.C12H14O.C11H13NO/c1-14(2,3)13-9-8-11-6-4-5-7-12(11)10-13;1-13(2,3)14-9-8-11-6-4-5-7-12(11)10-14;1-12(2,3)13-8-10-6-4-5-7-11(10)9-13;1-12(2,3)10-5-4-9-6-7-13-11(9)8-10;1-11(2,3)10-12-8-6-4-5-7-9(8)13-10/h8-10H,4-7H2,1-3H3;4-7H,8-10H2,1-3H3;4-7H,8-9H2,1-3H3;4-8H,1-3H3;4-7H,1-3H3. The van der Waals surface area contributed by atoms with Crippen LogP contribution in [0.15, 0.2) is 130 Å². The average Bonchev–Trinajstić information content (AvgIpc) is 4.05. The van der Waals surface area contributed by atoms with Crippen molar-refractivity contribution in [3.8, 4) is 0 Å². The Labute approximate surface area is 405 Å². The highest BCUT2D eigenvalue weighted by molar-refractivity contribution is 5.78. The first-order valence-electron chi connectivity index (χ1n) is 25.0. The molecule has 3 aliphatic rings. The first kappa shape index (κ1) is 51.4. The number of hydrogen-bond donors (Lipinski definition) is 0. The predicted molar refractivity (Wildman–Crippen MR) is 285 cm³/mol. The fraction of sp³-hybridized carbons (Fsp3) is 0.468. The first-order chi connectivity index (χ1) is 31.4. The summed E-state index contributed by atoms with van der Waals surface area (Å²) in [6, 6.07) is 40.8. The molecule has 0 atom stereocenters. The van der Waals surface area contributed by atoms with Gasteiger partial charge in [0, 0.05) is 48.1 Å². The Hall–Kier alpha value is -4.97. The van der Waals surface area contributed by atoms with Gasteiger partial charge in [-0.15, -0.1) is 0 Å². The number of oxazole rings is 1. The molecule has 0 fully saturated rings. The lowest BCUT2D eigenvalue weighted by Crippen LogP contribution is -2.44. The molecule has 7 aromatic rings. The number of para-hydroxylation sites is 2. The summed E-state index contributed by atoms with van der Waals surface area (Å²) >= 11 is 0. The lowest BCUT2D eigenvalue weighted by molar-refractivity contribution is 0.121. The van der Waals surface area contributed by atoms with Gasteiger partial charge in [-0.05, 0) is 153 Å². The molecule has 2 aromatic heterocycles. The minimum atomic E-state index is -0.0149. The Morgan fingerprint density at radius 3 is 1.49 bits per heavy atom. The molecular weight excluding hydrogens is 819 g/mol. The number of furan rings is 1. The Bertz CT molecular complexity index is 2590. The van der Waals surface area contributed by atoms with E-state index in [2.05, 4.69) is 204 Å². The number of rotatable bonds is 0. The van der Waals surface area contributed by atoms with Gasteiger partial charge in [0.1, 0.15) is 11.1 Å². The van der Waals surface area contributed by atoms with E-state index < -0.39 is 0 Å². The molecule has 358 valence electrons. The Morgan fingerprint density at radius 1 is 0.433 bits per heavy atom. The summed E-state index contributed by atoms with van der Waals surface area (Å²) < 4.78 is 11.0. The molecule has 0 spiro atoms. The fourth-order valence-electron chi connectivity index (χ4n) is 8.69. The molecule has 0 radical (unpaired) electrons. The topological polar surface area (TPSA) is 45.7 Å². The van der Waals surface area contributed by atoms with Crippen molar-refractivity contribution in [3.63, 3.8) is 0 Å². The van der Waals surface area contributed by atoms with Crippen LogP contribution in [0.4, 0.5) is 0 Å². The molecule has 0 saturated heterocycles. The van der Waals surface area contributed by atoms with E-state index in [0.29, 0.717) is 16.5 Å². The molecule has 0 unspecified atom stereocenters. The molecule has 5 heteroatoms. The minimum Gasteiger partial charge on any atom is -0.464 e.